The van der Waals surface area contributed by atoms with Crippen molar-refractivity contribution in [2.24, 2.45) is 0 Å². The number of carbonyl (C=O) groups excluding carboxylic acids is 1. The molecule has 0 N–H and O–H groups in total. The molecule has 0 aliphatic carbocycles. The Balaban J connectivity index is 1.34. The van der Waals surface area contributed by atoms with E-state index in [-0.39, 0.29) is 5.91 Å². The molecule has 3 aromatic heterocycles. The van der Waals surface area contributed by atoms with Gasteiger partial charge >= 0.3 is 0 Å². The van der Waals surface area contributed by atoms with Gasteiger partial charge in [-0.05, 0) is 54.4 Å². The normalized spacial score (nSPS) is 15.9. The summed E-state index contributed by atoms with van der Waals surface area (Å²) in [5, 5.41) is 0. The molecule has 1 saturated heterocycles. The van der Waals surface area contributed by atoms with Crippen molar-refractivity contribution in [2.75, 3.05) is 13.1 Å². The third-order valence-corrected chi connectivity index (χ3v) is 6.17. The molecule has 1 aliphatic heterocycles. The van der Waals surface area contributed by atoms with Gasteiger partial charge in [0.1, 0.15) is 11.4 Å². The van der Waals surface area contributed by atoms with Crippen LogP contribution in [0.15, 0.2) is 94.2 Å². The minimum Gasteiger partial charge on any atom is -0.463 e. The van der Waals surface area contributed by atoms with Gasteiger partial charge in [0.2, 0.25) is 0 Å². The fourth-order valence-electron chi connectivity index (χ4n) is 4.48. The lowest BCUT2D eigenvalue weighted by Gasteiger charge is -2.17. The molecule has 33 heavy (non-hydrogen) atoms. The minimum atomic E-state index is 0.0202. The third kappa shape index (κ3) is 3.59. The molecular weight excluding hydrogens is 414 g/mol. The Morgan fingerprint density at radius 3 is 2.18 bits per heavy atom. The standard InChI is InChI=1S/C27H21N3O3/c31-27(30-13-12-20(17-30)18-6-2-1-3-7-18)19-10-11-21-22(16-19)29-26(24-9-5-15-33-24)25(28-21)23-8-4-14-32-23/h1-11,14-16,20H,12-13,17H2/t20-/m1/s1. The first-order valence-corrected chi connectivity index (χ1v) is 11.0. The predicted molar refractivity (Wildman–Crippen MR) is 125 cm³/mol. The van der Waals surface area contributed by atoms with Crippen LogP contribution >= 0.6 is 0 Å². The van der Waals surface area contributed by atoms with Crippen molar-refractivity contribution in [1.29, 1.82) is 0 Å². The van der Waals surface area contributed by atoms with E-state index in [0.29, 0.717) is 45.4 Å². The largest absolute Gasteiger partial charge is 0.463 e. The second-order valence-corrected chi connectivity index (χ2v) is 8.23. The van der Waals surface area contributed by atoms with E-state index in [0.717, 1.165) is 19.5 Å². The highest BCUT2D eigenvalue weighted by Gasteiger charge is 2.28. The molecule has 162 valence electrons. The van der Waals surface area contributed by atoms with Gasteiger partial charge in [-0.1, -0.05) is 30.3 Å². The van der Waals surface area contributed by atoms with Crippen molar-refractivity contribution in [1.82, 2.24) is 14.9 Å². The molecule has 0 bridgehead atoms. The lowest BCUT2D eigenvalue weighted by molar-refractivity contribution is 0.0791. The molecule has 6 rings (SSSR count). The fourth-order valence-corrected chi connectivity index (χ4v) is 4.48. The summed E-state index contributed by atoms with van der Waals surface area (Å²) in [6, 6.07) is 23.2. The van der Waals surface area contributed by atoms with Crippen LogP contribution in [0.5, 0.6) is 0 Å². The first kappa shape index (κ1) is 19.5. The molecule has 0 radical (unpaired) electrons. The van der Waals surface area contributed by atoms with Crippen LogP contribution in [0, 0.1) is 0 Å². The number of carbonyl (C=O) groups is 1. The Morgan fingerprint density at radius 2 is 1.52 bits per heavy atom. The summed E-state index contributed by atoms with van der Waals surface area (Å²) in [7, 11) is 0. The maximum absolute atomic E-state index is 13.3. The highest BCUT2D eigenvalue weighted by Crippen LogP contribution is 2.32. The number of fused-ring (bicyclic) bond motifs is 1. The van der Waals surface area contributed by atoms with E-state index < -0.39 is 0 Å². The molecule has 0 unspecified atom stereocenters. The van der Waals surface area contributed by atoms with Gasteiger partial charge in [0.15, 0.2) is 11.5 Å². The van der Waals surface area contributed by atoms with Crippen molar-refractivity contribution in [3.63, 3.8) is 0 Å². The summed E-state index contributed by atoms with van der Waals surface area (Å²) in [6.45, 7) is 1.47. The van der Waals surface area contributed by atoms with Gasteiger partial charge in [-0.15, -0.1) is 0 Å². The smallest absolute Gasteiger partial charge is 0.253 e. The molecule has 1 atom stereocenters. The van der Waals surface area contributed by atoms with Crippen molar-refractivity contribution in [3.05, 3.63) is 96.4 Å². The van der Waals surface area contributed by atoms with E-state index in [1.165, 1.54) is 5.56 Å². The van der Waals surface area contributed by atoms with Gasteiger partial charge in [-0.2, -0.15) is 0 Å². The first-order chi connectivity index (χ1) is 16.3. The van der Waals surface area contributed by atoms with Crippen LogP contribution in [0.1, 0.15) is 28.3 Å². The van der Waals surface area contributed by atoms with Crippen LogP contribution in [-0.2, 0) is 0 Å². The molecular formula is C27H21N3O3. The van der Waals surface area contributed by atoms with Crippen LogP contribution < -0.4 is 0 Å². The SMILES string of the molecule is O=C(c1ccc2nc(-c3ccco3)c(-c3ccco3)nc2c1)N1CC[C@@H](c2ccccc2)C1. The zero-order chi connectivity index (χ0) is 22.2. The topological polar surface area (TPSA) is 72.4 Å². The molecule has 5 aromatic rings. The summed E-state index contributed by atoms with van der Waals surface area (Å²) >= 11 is 0. The summed E-state index contributed by atoms with van der Waals surface area (Å²) in [5.41, 5.74) is 4.41. The maximum Gasteiger partial charge on any atom is 0.253 e. The van der Waals surface area contributed by atoms with Crippen LogP contribution in [0.3, 0.4) is 0 Å². The average Bonchev–Trinajstić information content (AvgIpc) is 3.65. The van der Waals surface area contributed by atoms with Gasteiger partial charge in [0, 0.05) is 24.6 Å². The van der Waals surface area contributed by atoms with Gasteiger partial charge in [-0.3, -0.25) is 4.79 Å². The predicted octanol–water partition coefficient (Wildman–Crippen LogP) is 5.78. The number of hydrogen-bond donors (Lipinski definition) is 0. The third-order valence-electron chi connectivity index (χ3n) is 6.17. The quantitative estimate of drug-likeness (QED) is 0.358. The van der Waals surface area contributed by atoms with Crippen LogP contribution in [0.2, 0.25) is 0 Å². The number of furan rings is 2. The van der Waals surface area contributed by atoms with Crippen LogP contribution in [0.25, 0.3) is 33.9 Å². The molecule has 4 heterocycles. The van der Waals surface area contributed by atoms with Crippen LogP contribution in [-0.4, -0.2) is 33.9 Å². The van der Waals surface area contributed by atoms with E-state index in [4.69, 9.17) is 18.8 Å². The van der Waals surface area contributed by atoms with Gasteiger partial charge in [-0.25, -0.2) is 9.97 Å². The molecule has 1 amide bonds. The molecule has 6 heteroatoms. The molecule has 0 spiro atoms. The van der Waals surface area contributed by atoms with E-state index in [1.54, 1.807) is 12.5 Å². The van der Waals surface area contributed by atoms with Crippen molar-refractivity contribution in [2.45, 2.75) is 12.3 Å². The number of likely N-dealkylation sites (tertiary alicyclic amines) is 1. The fraction of sp³-hybridized carbons (Fsp3) is 0.148. The Labute approximate surface area is 190 Å². The van der Waals surface area contributed by atoms with Crippen molar-refractivity contribution in [3.8, 4) is 22.9 Å². The Kier molecular flexibility index (Phi) is 4.76. The summed E-state index contributed by atoms with van der Waals surface area (Å²) in [4.78, 5) is 24.8. The van der Waals surface area contributed by atoms with Crippen molar-refractivity contribution >= 4 is 16.9 Å². The summed E-state index contributed by atoms with van der Waals surface area (Å²) < 4.78 is 11.2. The molecule has 6 nitrogen and oxygen atoms in total. The molecule has 1 fully saturated rings. The van der Waals surface area contributed by atoms with Gasteiger partial charge in [0.25, 0.3) is 5.91 Å². The first-order valence-electron chi connectivity index (χ1n) is 11.0. The zero-order valence-corrected chi connectivity index (χ0v) is 17.8. The van der Waals surface area contributed by atoms with Crippen molar-refractivity contribution < 1.29 is 13.6 Å². The number of amides is 1. The van der Waals surface area contributed by atoms with E-state index >= 15 is 0 Å². The highest BCUT2D eigenvalue weighted by atomic mass is 16.3. The Morgan fingerprint density at radius 1 is 0.818 bits per heavy atom. The lowest BCUT2D eigenvalue weighted by Crippen LogP contribution is -2.28. The average molecular weight is 435 g/mol. The number of hydrogen-bond acceptors (Lipinski definition) is 5. The van der Waals surface area contributed by atoms with E-state index in [9.17, 15) is 4.79 Å². The van der Waals surface area contributed by atoms with Gasteiger partial charge in [0.05, 0.1) is 23.6 Å². The number of benzene rings is 2. The minimum absolute atomic E-state index is 0.0202. The number of nitrogens with zero attached hydrogens (tertiary/aromatic N) is 3. The number of rotatable bonds is 4. The van der Waals surface area contributed by atoms with Crippen LogP contribution in [0.4, 0.5) is 0 Å². The monoisotopic (exact) mass is 435 g/mol. The Hall–Kier alpha value is -4.19. The Bertz CT molecular complexity index is 1410. The lowest BCUT2D eigenvalue weighted by atomic mass is 9.99. The molecule has 0 saturated carbocycles. The summed E-state index contributed by atoms with van der Waals surface area (Å²) in [6.07, 6.45) is 4.18. The maximum atomic E-state index is 13.3. The van der Waals surface area contributed by atoms with E-state index in [2.05, 4.69) is 24.3 Å². The molecule has 2 aromatic carbocycles. The second-order valence-electron chi connectivity index (χ2n) is 8.23. The summed E-state index contributed by atoms with van der Waals surface area (Å²) in [5.74, 6) is 1.60. The molecule has 1 aliphatic rings. The number of aromatic nitrogens is 2. The zero-order valence-electron chi connectivity index (χ0n) is 17.8. The second kappa shape index (κ2) is 8.06. The van der Waals surface area contributed by atoms with Gasteiger partial charge < -0.3 is 13.7 Å². The highest BCUT2D eigenvalue weighted by molar-refractivity contribution is 5.98. The van der Waals surface area contributed by atoms with E-state index in [1.807, 2.05) is 53.4 Å².